The Balaban J connectivity index is 1.87. The molecule has 118 valence electrons. The molecule has 4 rings (SSSR count). The van der Waals surface area contributed by atoms with E-state index in [2.05, 4.69) is 34.4 Å². The van der Waals surface area contributed by atoms with Gasteiger partial charge in [0.1, 0.15) is 22.4 Å². The molecule has 0 saturated heterocycles. The number of thiophene rings is 1. The molecule has 23 heavy (non-hydrogen) atoms. The monoisotopic (exact) mass is 345 g/mol. The molecule has 0 atom stereocenters. The molecule has 0 fully saturated rings. The third-order valence-electron chi connectivity index (χ3n) is 3.92. The van der Waals surface area contributed by atoms with Crippen LogP contribution in [0.25, 0.3) is 22.0 Å². The van der Waals surface area contributed by atoms with Gasteiger partial charge in [0.05, 0.1) is 11.5 Å². The standard InChI is InChI=1S/C17H16ClN3OS/c1-10(2)21-7-6-19-17(21)14-9-11-13(23-14)5-8-22-12-3-4-15(18)20-16(11)12/h3-4,6-7,9-10H,5,8H2,1-2H3. The van der Waals surface area contributed by atoms with Gasteiger partial charge in [0.15, 0.2) is 0 Å². The molecule has 3 aromatic heterocycles. The van der Waals surface area contributed by atoms with Gasteiger partial charge in [-0.1, -0.05) is 11.6 Å². The zero-order chi connectivity index (χ0) is 16.0. The van der Waals surface area contributed by atoms with Crippen LogP contribution in [0.3, 0.4) is 0 Å². The predicted molar refractivity (Wildman–Crippen MR) is 93.4 cm³/mol. The minimum atomic E-state index is 0.373. The minimum Gasteiger partial charge on any atom is -0.491 e. The summed E-state index contributed by atoms with van der Waals surface area (Å²) in [5, 5.41) is 0.483. The number of pyridine rings is 1. The fourth-order valence-electron chi connectivity index (χ4n) is 2.83. The van der Waals surface area contributed by atoms with Crippen LogP contribution in [0.1, 0.15) is 24.8 Å². The molecule has 3 aromatic rings. The number of ether oxygens (including phenoxy) is 1. The molecule has 0 bridgehead atoms. The van der Waals surface area contributed by atoms with E-state index < -0.39 is 0 Å². The first-order valence-electron chi connectivity index (χ1n) is 7.59. The number of aromatic nitrogens is 3. The average Bonchev–Trinajstić information content (AvgIpc) is 3.12. The SMILES string of the molecule is CC(C)n1ccnc1-c1cc2c(s1)CCOc1ccc(Cl)nc1-2. The normalized spacial score (nSPS) is 13.4. The van der Waals surface area contributed by atoms with Crippen molar-refractivity contribution in [2.75, 3.05) is 6.61 Å². The number of halogens is 1. The molecule has 0 amide bonds. The fraction of sp³-hybridized carbons (Fsp3) is 0.294. The van der Waals surface area contributed by atoms with Crippen molar-refractivity contribution in [2.45, 2.75) is 26.3 Å². The molecule has 1 aliphatic heterocycles. The Labute approximate surface area is 143 Å². The summed E-state index contributed by atoms with van der Waals surface area (Å²) in [6.07, 6.45) is 4.75. The third-order valence-corrected chi connectivity index (χ3v) is 5.32. The van der Waals surface area contributed by atoms with E-state index in [1.807, 2.05) is 18.5 Å². The molecule has 1 aliphatic rings. The Morgan fingerprint density at radius 3 is 3.04 bits per heavy atom. The Bertz CT molecular complexity index is 869. The number of imidazole rings is 1. The maximum Gasteiger partial charge on any atom is 0.150 e. The second-order valence-corrected chi connectivity index (χ2v) is 7.30. The van der Waals surface area contributed by atoms with Crippen molar-refractivity contribution in [1.82, 2.24) is 14.5 Å². The summed E-state index contributed by atoms with van der Waals surface area (Å²) in [5.74, 6) is 1.80. The highest BCUT2D eigenvalue weighted by Gasteiger charge is 2.22. The number of fused-ring (bicyclic) bond motifs is 3. The van der Waals surface area contributed by atoms with Crippen LogP contribution in [0.4, 0.5) is 0 Å². The summed E-state index contributed by atoms with van der Waals surface area (Å²) in [7, 11) is 0. The second kappa shape index (κ2) is 5.65. The van der Waals surface area contributed by atoms with E-state index >= 15 is 0 Å². The van der Waals surface area contributed by atoms with E-state index in [-0.39, 0.29) is 0 Å². The Hall–Kier alpha value is -1.85. The van der Waals surface area contributed by atoms with Gasteiger partial charge in [-0.15, -0.1) is 11.3 Å². The van der Waals surface area contributed by atoms with Crippen LogP contribution in [0.2, 0.25) is 5.15 Å². The number of hydrogen-bond acceptors (Lipinski definition) is 4. The topological polar surface area (TPSA) is 39.9 Å². The van der Waals surface area contributed by atoms with Crippen molar-refractivity contribution in [3.8, 4) is 27.7 Å². The third kappa shape index (κ3) is 2.54. The molecule has 0 unspecified atom stereocenters. The lowest BCUT2D eigenvalue weighted by atomic mass is 10.1. The Morgan fingerprint density at radius 1 is 1.35 bits per heavy atom. The summed E-state index contributed by atoms with van der Waals surface area (Å²) in [4.78, 5) is 11.5. The van der Waals surface area contributed by atoms with Crippen molar-refractivity contribution in [3.63, 3.8) is 0 Å². The van der Waals surface area contributed by atoms with E-state index in [9.17, 15) is 0 Å². The molecule has 0 N–H and O–H groups in total. The van der Waals surface area contributed by atoms with Gasteiger partial charge in [-0.2, -0.15) is 0 Å². The molecular formula is C17H16ClN3OS. The van der Waals surface area contributed by atoms with Gasteiger partial charge in [0.2, 0.25) is 0 Å². The summed E-state index contributed by atoms with van der Waals surface area (Å²) in [5.41, 5.74) is 1.94. The molecule has 0 aromatic carbocycles. The van der Waals surface area contributed by atoms with E-state index in [1.165, 1.54) is 4.88 Å². The second-order valence-electron chi connectivity index (χ2n) is 5.78. The van der Waals surface area contributed by atoms with Crippen LogP contribution in [0.5, 0.6) is 5.75 Å². The number of nitrogens with zero attached hydrogens (tertiary/aromatic N) is 3. The first-order chi connectivity index (χ1) is 11.1. The first-order valence-corrected chi connectivity index (χ1v) is 8.78. The van der Waals surface area contributed by atoms with Gasteiger partial charge in [-0.05, 0) is 32.0 Å². The molecule has 0 spiro atoms. The van der Waals surface area contributed by atoms with Crippen LogP contribution in [-0.2, 0) is 6.42 Å². The summed E-state index contributed by atoms with van der Waals surface area (Å²) in [6.45, 7) is 4.98. The highest BCUT2D eigenvalue weighted by Crippen LogP contribution is 2.42. The van der Waals surface area contributed by atoms with Crippen LogP contribution >= 0.6 is 22.9 Å². The fourth-order valence-corrected chi connectivity index (χ4v) is 4.12. The molecule has 0 radical (unpaired) electrons. The average molecular weight is 346 g/mol. The lowest BCUT2D eigenvalue weighted by Crippen LogP contribution is -2.01. The van der Waals surface area contributed by atoms with E-state index in [0.717, 1.165) is 34.1 Å². The van der Waals surface area contributed by atoms with E-state index in [4.69, 9.17) is 16.3 Å². The smallest absolute Gasteiger partial charge is 0.150 e. The first kappa shape index (κ1) is 14.7. The molecule has 0 saturated carbocycles. The molecule has 0 aliphatic carbocycles. The quantitative estimate of drug-likeness (QED) is 0.624. The van der Waals surface area contributed by atoms with Gasteiger partial charge in [-0.3, -0.25) is 0 Å². The zero-order valence-corrected chi connectivity index (χ0v) is 14.5. The highest BCUT2D eigenvalue weighted by atomic mass is 35.5. The van der Waals surface area contributed by atoms with Crippen molar-refractivity contribution in [2.24, 2.45) is 0 Å². The van der Waals surface area contributed by atoms with Gasteiger partial charge in [-0.25, -0.2) is 9.97 Å². The van der Waals surface area contributed by atoms with Gasteiger partial charge in [0.25, 0.3) is 0 Å². The Kier molecular flexibility index (Phi) is 3.62. The summed E-state index contributed by atoms with van der Waals surface area (Å²) in [6, 6.07) is 6.20. The number of rotatable bonds is 2. The molecular weight excluding hydrogens is 330 g/mol. The molecule has 6 heteroatoms. The highest BCUT2D eigenvalue weighted by molar-refractivity contribution is 7.16. The van der Waals surface area contributed by atoms with Gasteiger partial charge in [0, 0.05) is 35.3 Å². The van der Waals surface area contributed by atoms with E-state index in [0.29, 0.717) is 17.8 Å². The summed E-state index contributed by atoms with van der Waals surface area (Å²) >= 11 is 7.85. The maximum atomic E-state index is 6.09. The van der Waals surface area contributed by atoms with Crippen LogP contribution in [0.15, 0.2) is 30.6 Å². The zero-order valence-electron chi connectivity index (χ0n) is 12.9. The van der Waals surface area contributed by atoms with Crippen molar-refractivity contribution in [3.05, 3.63) is 40.6 Å². The lowest BCUT2D eigenvalue weighted by molar-refractivity contribution is 0.326. The lowest BCUT2D eigenvalue weighted by Gasteiger charge is -2.10. The molecule has 4 nitrogen and oxygen atoms in total. The maximum absolute atomic E-state index is 6.09. The number of hydrogen-bond donors (Lipinski definition) is 0. The van der Waals surface area contributed by atoms with Crippen LogP contribution in [0, 0.1) is 0 Å². The van der Waals surface area contributed by atoms with Crippen molar-refractivity contribution >= 4 is 22.9 Å². The van der Waals surface area contributed by atoms with Gasteiger partial charge < -0.3 is 9.30 Å². The minimum absolute atomic E-state index is 0.373. The largest absolute Gasteiger partial charge is 0.491 e. The van der Waals surface area contributed by atoms with Crippen LogP contribution < -0.4 is 4.74 Å². The van der Waals surface area contributed by atoms with Gasteiger partial charge >= 0.3 is 0 Å². The molecule has 4 heterocycles. The van der Waals surface area contributed by atoms with Crippen molar-refractivity contribution in [1.29, 1.82) is 0 Å². The van der Waals surface area contributed by atoms with E-state index in [1.54, 1.807) is 17.4 Å². The Morgan fingerprint density at radius 2 is 2.22 bits per heavy atom. The van der Waals surface area contributed by atoms with Crippen LogP contribution in [-0.4, -0.2) is 21.1 Å². The van der Waals surface area contributed by atoms with Crippen molar-refractivity contribution < 1.29 is 4.74 Å². The summed E-state index contributed by atoms with van der Waals surface area (Å²) < 4.78 is 7.99. The predicted octanol–water partition coefficient (Wildman–Crippen LogP) is 4.84.